The molecule has 1 heterocycles. The van der Waals surface area contributed by atoms with Crippen molar-refractivity contribution in [2.75, 3.05) is 6.61 Å². The summed E-state index contributed by atoms with van der Waals surface area (Å²) in [6.07, 6.45) is -0.688. The van der Waals surface area contributed by atoms with Gasteiger partial charge in [-0.2, -0.15) is 0 Å². The number of carbonyl (C=O) groups excluding carboxylic acids is 2. The van der Waals surface area contributed by atoms with Crippen LogP contribution in [0.25, 0.3) is 0 Å². The number of ether oxygens (including phenoxy) is 3. The molecule has 3 rings (SSSR count). The van der Waals surface area contributed by atoms with Crippen LogP contribution in [-0.4, -0.2) is 80.2 Å². The molecule has 1 aromatic carbocycles. The molecule has 0 unspecified atom stereocenters. The molecular weight excluding hydrogens is 412 g/mol. The lowest BCUT2D eigenvalue weighted by molar-refractivity contribution is -0.280. The normalized spacial score (nSPS) is 29.8. The predicted octanol–water partition coefficient (Wildman–Crippen LogP) is -0.896. The monoisotopic (exact) mass is 434 g/mol. The van der Waals surface area contributed by atoms with Crippen LogP contribution in [0.1, 0.15) is 0 Å². The third-order valence-corrected chi connectivity index (χ3v) is 4.68. The zero-order valence-corrected chi connectivity index (χ0v) is 16.1. The molecule has 0 aromatic heterocycles. The van der Waals surface area contributed by atoms with Gasteiger partial charge in [-0.25, -0.2) is 4.79 Å². The van der Waals surface area contributed by atoms with E-state index in [0.29, 0.717) is 0 Å². The van der Waals surface area contributed by atoms with E-state index in [1.807, 2.05) is 0 Å². The minimum atomic E-state index is -1.66. The number of ketones is 1. The van der Waals surface area contributed by atoms with E-state index < -0.39 is 48.9 Å². The molecule has 2 aliphatic rings. The van der Waals surface area contributed by atoms with E-state index in [1.54, 1.807) is 0 Å². The molecule has 0 saturated carbocycles. The number of phenols is 1. The number of phenolic OH excluding ortho intramolecular Hbond substituents is 1. The Hall–Kier alpha value is -3.02. The number of benzene rings is 1. The van der Waals surface area contributed by atoms with Gasteiger partial charge in [0.2, 0.25) is 6.29 Å². The summed E-state index contributed by atoms with van der Waals surface area (Å²) in [7, 11) is 0. The first-order valence-corrected chi connectivity index (χ1v) is 9.33. The van der Waals surface area contributed by atoms with Crippen LogP contribution in [-0.2, 0) is 19.1 Å². The maximum atomic E-state index is 12.2. The van der Waals surface area contributed by atoms with Gasteiger partial charge < -0.3 is 39.7 Å². The van der Waals surface area contributed by atoms with Crippen molar-refractivity contribution < 1.29 is 49.3 Å². The van der Waals surface area contributed by atoms with Gasteiger partial charge in [-0.3, -0.25) is 4.79 Å². The number of aliphatic hydroxyl groups excluding tert-OH is 3. The van der Waals surface area contributed by atoms with Crippen molar-refractivity contribution in [3.8, 4) is 11.5 Å². The molecule has 0 bridgehead atoms. The number of esters is 1. The Bertz CT molecular complexity index is 870. The van der Waals surface area contributed by atoms with Gasteiger partial charge in [0.05, 0.1) is 6.61 Å². The van der Waals surface area contributed by atoms with Crippen molar-refractivity contribution in [2.45, 2.75) is 36.3 Å². The van der Waals surface area contributed by atoms with Gasteiger partial charge in [-0.1, -0.05) is 0 Å². The standard InChI is InChI=1S/C21H22O10/c22-11-15-19(31-16(25)7-10-21(28)8-5-13(24)6-9-21)17(26)18(27)20(30-15)29-14-3-1-12(23)2-4-14/h1-10,15,17-20,22-23,26-28H,11H2/b10-7+/t15-,17-,18-,19-,20-/m1/s1. The lowest BCUT2D eigenvalue weighted by Crippen LogP contribution is -2.61. The number of aromatic hydroxyl groups is 1. The molecule has 31 heavy (non-hydrogen) atoms. The highest BCUT2D eigenvalue weighted by Crippen LogP contribution is 2.27. The molecule has 10 nitrogen and oxygen atoms in total. The lowest BCUT2D eigenvalue weighted by Gasteiger charge is -2.41. The Balaban J connectivity index is 1.65. The van der Waals surface area contributed by atoms with E-state index in [2.05, 4.69) is 0 Å². The second kappa shape index (κ2) is 9.41. The first-order chi connectivity index (χ1) is 14.7. The molecule has 5 N–H and O–H groups in total. The van der Waals surface area contributed by atoms with Crippen LogP contribution in [0.15, 0.2) is 60.7 Å². The highest BCUT2D eigenvalue weighted by molar-refractivity contribution is 6.00. The zero-order chi connectivity index (χ0) is 22.6. The molecule has 1 aliphatic heterocycles. The number of hydrogen-bond acceptors (Lipinski definition) is 10. The number of aliphatic hydroxyl groups is 4. The van der Waals surface area contributed by atoms with Crippen molar-refractivity contribution >= 4 is 11.8 Å². The van der Waals surface area contributed by atoms with Gasteiger partial charge in [-0.05, 0) is 54.6 Å². The molecule has 1 saturated heterocycles. The van der Waals surface area contributed by atoms with Crippen molar-refractivity contribution in [3.63, 3.8) is 0 Å². The summed E-state index contributed by atoms with van der Waals surface area (Å²) in [4.78, 5) is 23.3. The highest BCUT2D eigenvalue weighted by atomic mass is 16.7. The molecular formula is C21H22O10. The maximum absolute atomic E-state index is 12.2. The van der Waals surface area contributed by atoms with Crippen LogP contribution in [0, 0.1) is 0 Å². The van der Waals surface area contributed by atoms with E-state index >= 15 is 0 Å². The fourth-order valence-corrected chi connectivity index (χ4v) is 2.98. The van der Waals surface area contributed by atoms with E-state index in [-0.39, 0.29) is 17.3 Å². The maximum Gasteiger partial charge on any atom is 0.331 e. The molecule has 0 amide bonds. The second-order valence-corrected chi connectivity index (χ2v) is 7.01. The molecule has 1 aromatic rings. The van der Waals surface area contributed by atoms with Crippen molar-refractivity contribution in [1.82, 2.24) is 0 Å². The van der Waals surface area contributed by atoms with Crippen LogP contribution in [0.4, 0.5) is 0 Å². The second-order valence-electron chi connectivity index (χ2n) is 7.01. The summed E-state index contributed by atoms with van der Waals surface area (Å²) in [6, 6.07) is 5.52. The summed E-state index contributed by atoms with van der Waals surface area (Å²) < 4.78 is 16.0. The fourth-order valence-electron chi connectivity index (χ4n) is 2.98. The Morgan fingerprint density at radius 2 is 1.77 bits per heavy atom. The molecule has 166 valence electrons. The van der Waals surface area contributed by atoms with Crippen molar-refractivity contribution in [3.05, 3.63) is 60.7 Å². The highest BCUT2D eigenvalue weighted by Gasteiger charge is 2.47. The zero-order valence-electron chi connectivity index (χ0n) is 16.1. The number of carbonyl (C=O) groups is 2. The summed E-state index contributed by atoms with van der Waals surface area (Å²) in [6.45, 7) is -0.654. The predicted molar refractivity (Wildman–Crippen MR) is 104 cm³/mol. The Labute approximate surface area is 176 Å². The van der Waals surface area contributed by atoms with Gasteiger partial charge in [0, 0.05) is 6.08 Å². The largest absolute Gasteiger partial charge is 0.508 e. The van der Waals surface area contributed by atoms with Crippen molar-refractivity contribution in [1.29, 1.82) is 0 Å². The van der Waals surface area contributed by atoms with Crippen LogP contribution in [0.3, 0.4) is 0 Å². The number of rotatable bonds is 6. The summed E-state index contributed by atoms with van der Waals surface area (Å²) in [5.74, 6) is -1.07. The van der Waals surface area contributed by atoms with Crippen LogP contribution >= 0.6 is 0 Å². The number of hydrogen-bond donors (Lipinski definition) is 5. The Kier molecular flexibility index (Phi) is 6.88. The summed E-state index contributed by atoms with van der Waals surface area (Å²) >= 11 is 0. The Morgan fingerprint density at radius 3 is 2.39 bits per heavy atom. The smallest absolute Gasteiger partial charge is 0.331 e. The average molecular weight is 434 g/mol. The van der Waals surface area contributed by atoms with E-state index in [0.717, 1.165) is 24.3 Å². The first-order valence-electron chi connectivity index (χ1n) is 9.33. The average Bonchev–Trinajstić information content (AvgIpc) is 2.76. The summed E-state index contributed by atoms with van der Waals surface area (Å²) in [5.41, 5.74) is -1.66. The fraction of sp³-hybridized carbons (Fsp3) is 0.333. The molecule has 0 radical (unpaired) electrons. The van der Waals surface area contributed by atoms with E-state index in [1.165, 1.54) is 36.4 Å². The minimum absolute atomic E-state index is 0.00114. The van der Waals surface area contributed by atoms with Crippen LogP contribution < -0.4 is 4.74 Å². The van der Waals surface area contributed by atoms with E-state index in [4.69, 9.17) is 14.2 Å². The number of allylic oxidation sites excluding steroid dienone is 2. The van der Waals surface area contributed by atoms with Gasteiger partial charge in [-0.15, -0.1) is 0 Å². The first kappa shape index (κ1) is 22.7. The van der Waals surface area contributed by atoms with Gasteiger partial charge in [0.15, 0.2) is 11.9 Å². The molecule has 1 fully saturated rings. The lowest BCUT2D eigenvalue weighted by atomic mass is 9.97. The van der Waals surface area contributed by atoms with Crippen molar-refractivity contribution in [2.24, 2.45) is 0 Å². The minimum Gasteiger partial charge on any atom is -0.508 e. The molecule has 5 atom stereocenters. The SMILES string of the molecule is O=C1C=CC(O)(/C=C/C(=O)O[C@H]2[C@H](O)[C@@H](O)[C@H](Oc3ccc(O)cc3)O[C@@H]2CO)C=C1. The van der Waals surface area contributed by atoms with Gasteiger partial charge >= 0.3 is 5.97 Å². The molecule has 10 heteroatoms. The summed E-state index contributed by atoms with van der Waals surface area (Å²) in [5, 5.41) is 49.8. The van der Waals surface area contributed by atoms with Gasteiger partial charge in [0.25, 0.3) is 0 Å². The third-order valence-electron chi connectivity index (χ3n) is 4.68. The molecule has 1 aliphatic carbocycles. The van der Waals surface area contributed by atoms with E-state index in [9.17, 15) is 35.1 Å². The molecule has 0 spiro atoms. The van der Waals surface area contributed by atoms with Gasteiger partial charge in [0.1, 0.15) is 35.4 Å². The van der Waals surface area contributed by atoms with Crippen LogP contribution in [0.2, 0.25) is 0 Å². The van der Waals surface area contributed by atoms with Crippen LogP contribution in [0.5, 0.6) is 11.5 Å². The third kappa shape index (κ3) is 5.57. The Morgan fingerprint density at radius 1 is 1.13 bits per heavy atom. The topological polar surface area (TPSA) is 163 Å². The quantitative estimate of drug-likeness (QED) is 0.280.